The fraction of sp³-hybridized carbons (Fsp3) is 0.240. The molecule has 0 atom stereocenters. The van der Waals surface area contributed by atoms with E-state index in [1.807, 2.05) is 42.5 Å². The highest BCUT2D eigenvalue weighted by atomic mass is 79.9. The number of thioether (sulfide) groups is 1. The van der Waals surface area contributed by atoms with Crippen molar-refractivity contribution in [2.24, 2.45) is 0 Å². The summed E-state index contributed by atoms with van der Waals surface area (Å²) in [6.45, 7) is 1.86. The molecule has 0 aliphatic carbocycles. The third kappa shape index (κ3) is 7.03. The number of rotatable bonds is 12. The molecule has 1 N–H and O–H groups in total. The molecule has 7 nitrogen and oxygen atoms in total. The van der Waals surface area contributed by atoms with E-state index in [9.17, 15) is 4.39 Å². The second-order valence-electron chi connectivity index (χ2n) is 7.61. The van der Waals surface area contributed by atoms with E-state index in [1.165, 1.54) is 12.1 Å². The molecule has 1 heterocycles. The van der Waals surface area contributed by atoms with Gasteiger partial charge in [0.15, 0.2) is 11.5 Å². The van der Waals surface area contributed by atoms with E-state index in [1.54, 1.807) is 35.7 Å². The Kier molecular flexibility index (Phi) is 9.10. The maximum Gasteiger partial charge on any atom is 0.214 e. The minimum Gasteiger partial charge on any atom is -0.493 e. The summed E-state index contributed by atoms with van der Waals surface area (Å²) in [6.07, 6.45) is 0.962. The Hall–Kier alpha value is -2.95. The Labute approximate surface area is 216 Å². The molecule has 4 rings (SSSR count). The number of para-hydroxylation sites is 1. The first kappa shape index (κ1) is 25.2. The van der Waals surface area contributed by atoms with Crippen molar-refractivity contribution < 1.29 is 13.9 Å². The van der Waals surface area contributed by atoms with Gasteiger partial charge in [-0.05, 0) is 86.8 Å². The molecule has 10 heteroatoms. The molecule has 0 saturated heterocycles. The summed E-state index contributed by atoms with van der Waals surface area (Å²) in [5.74, 6) is 1.88. The highest BCUT2D eigenvalue weighted by molar-refractivity contribution is 9.10. The summed E-state index contributed by atoms with van der Waals surface area (Å²) in [5, 5.41) is 16.3. The second-order valence-corrected chi connectivity index (χ2v) is 9.53. The molecule has 0 aliphatic rings. The molecule has 1 aromatic heterocycles. The number of nitrogens with zero attached hydrogens (tertiary/aromatic N) is 4. The minimum atomic E-state index is -0.268. The van der Waals surface area contributed by atoms with Crippen LogP contribution in [0.15, 0.2) is 76.4 Å². The van der Waals surface area contributed by atoms with Crippen LogP contribution in [0.5, 0.6) is 11.5 Å². The standard InChI is InChI=1S/C25H25BrFN5O2S/c1-33-23-15-19(14-22(26)24(23)34-17-18-8-10-20(27)11-9-18)16-28-12-5-13-35-25-29-30-31-32(25)21-6-3-2-4-7-21/h2-4,6-11,14-15,28H,5,12-13,16-17H2,1H3. The predicted molar refractivity (Wildman–Crippen MR) is 138 cm³/mol. The second kappa shape index (κ2) is 12.7. The third-order valence-electron chi connectivity index (χ3n) is 5.09. The van der Waals surface area contributed by atoms with Crippen molar-refractivity contribution in [3.05, 3.63) is 88.1 Å². The largest absolute Gasteiger partial charge is 0.493 e. The van der Waals surface area contributed by atoms with Gasteiger partial charge in [0.1, 0.15) is 12.4 Å². The topological polar surface area (TPSA) is 74.1 Å². The summed E-state index contributed by atoms with van der Waals surface area (Å²) < 4.78 is 27.1. The van der Waals surface area contributed by atoms with Crippen molar-refractivity contribution in [3.8, 4) is 17.2 Å². The van der Waals surface area contributed by atoms with E-state index in [0.29, 0.717) is 24.7 Å². The molecule has 3 aromatic carbocycles. The number of tetrazole rings is 1. The number of halogens is 2. The van der Waals surface area contributed by atoms with Gasteiger partial charge in [0.2, 0.25) is 5.16 Å². The van der Waals surface area contributed by atoms with E-state index in [0.717, 1.165) is 45.2 Å². The highest BCUT2D eigenvalue weighted by Crippen LogP contribution is 2.37. The van der Waals surface area contributed by atoms with Crippen LogP contribution in [0.1, 0.15) is 17.5 Å². The van der Waals surface area contributed by atoms with Gasteiger partial charge in [0.25, 0.3) is 0 Å². The fourth-order valence-electron chi connectivity index (χ4n) is 3.35. The van der Waals surface area contributed by atoms with Crippen LogP contribution in [0.4, 0.5) is 4.39 Å². The van der Waals surface area contributed by atoms with Gasteiger partial charge < -0.3 is 14.8 Å². The number of ether oxygens (including phenoxy) is 2. The molecule has 0 radical (unpaired) electrons. The molecular weight excluding hydrogens is 533 g/mol. The number of aromatic nitrogens is 4. The quantitative estimate of drug-likeness (QED) is 0.184. The highest BCUT2D eigenvalue weighted by Gasteiger charge is 2.12. The molecule has 0 saturated carbocycles. The van der Waals surface area contributed by atoms with E-state index in [2.05, 4.69) is 36.8 Å². The number of methoxy groups -OCH3 is 1. The smallest absolute Gasteiger partial charge is 0.214 e. The van der Waals surface area contributed by atoms with Crippen LogP contribution in [0.2, 0.25) is 0 Å². The predicted octanol–water partition coefficient (Wildman–Crippen LogP) is 5.42. The molecule has 0 unspecified atom stereocenters. The van der Waals surface area contributed by atoms with E-state index in [-0.39, 0.29) is 5.82 Å². The Morgan fingerprint density at radius 2 is 1.86 bits per heavy atom. The molecule has 0 fully saturated rings. The van der Waals surface area contributed by atoms with Gasteiger partial charge in [-0.2, -0.15) is 4.68 Å². The Morgan fingerprint density at radius 1 is 1.06 bits per heavy atom. The number of hydrogen-bond acceptors (Lipinski definition) is 7. The zero-order chi connectivity index (χ0) is 24.5. The van der Waals surface area contributed by atoms with Crippen molar-refractivity contribution in [1.82, 2.24) is 25.5 Å². The maximum absolute atomic E-state index is 13.1. The van der Waals surface area contributed by atoms with Gasteiger partial charge in [-0.3, -0.25) is 0 Å². The van der Waals surface area contributed by atoms with Crippen molar-refractivity contribution in [3.63, 3.8) is 0 Å². The van der Waals surface area contributed by atoms with Gasteiger partial charge in [-0.1, -0.05) is 42.1 Å². The van der Waals surface area contributed by atoms with Crippen molar-refractivity contribution in [1.29, 1.82) is 0 Å². The first-order valence-electron chi connectivity index (χ1n) is 11.0. The normalized spacial score (nSPS) is 10.9. The van der Waals surface area contributed by atoms with Gasteiger partial charge in [-0.15, -0.1) is 5.10 Å². The Balaban J connectivity index is 1.24. The maximum atomic E-state index is 13.1. The minimum absolute atomic E-state index is 0.268. The number of benzene rings is 3. The van der Waals surface area contributed by atoms with Gasteiger partial charge in [0, 0.05) is 12.3 Å². The summed E-state index contributed by atoms with van der Waals surface area (Å²) >= 11 is 5.22. The Bertz CT molecular complexity index is 1220. The van der Waals surface area contributed by atoms with Crippen molar-refractivity contribution >= 4 is 27.7 Å². The van der Waals surface area contributed by atoms with Crippen molar-refractivity contribution in [2.75, 3.05) is 19.4 Å². The van der Waals surface area contributed by atoms with Crippen LogP contribution in [0.3, 0.4) is 0 Å². The van der Waals surface area contributed by atoms with Crippen LogP contribution >= 0.6 is 27.7 Å². The van der Waals surface area contributed by atoms with E-state index >= 15 is 0 Å². The number of hydrogen-bond donors (Lipinski definition) is 1. The van der Waals surface area contributed by atoms with Crippen LogP contribution in [0, 0.1) is 5.82 Å². The summed E-state index contributed by atoms with van der Waals surface area (Å²) in [6, 6.07) is 20.1. The first-order chi connectivity index (χ1) is 17.1. The van der Waals surface area contributed by atoms with Crippen molar-refractivity contribution in [2.45, 2.75) is 24.7 Å². The molecule has 0 bridgehead atoms. The number of nitrogens with one attached hydrogen (secondary N) is 1. The summed E-state index contributed by atoms with van der Waals surface area (Å²) in [7, 11) is 1.62. The van der Waals surface area contributed by atoms with Crippen LogP contribution in [-0.2, 0) is 13.2 Å². The average Bonchev–Trinajstić information content (AvgIpc) is 3.35. The average molecular weight is 558 g/mol. The van der Waals surface area contributed by atoms with Crippen LogP contribution < -0.4 is 14.8 Å². The zero-order valence-corrected chi connectivity index (χ0v) is 21.6. The molecule has 182 valence electrons. The Morgan fingerprint density at radius 3 is 2.63 bits per heavy atom. The van der Waals surface area contributed by atoms with Gasteiger partial charge in [0.05, 0.1) is 17.3 Å². The lowest BCUT2D eigenvalue weighted by molar-refractivity contribution is 0.282. The van der Waals surface area contributed by atoms with E-state index in [4.69, 9.17) is 9.47 Å². The first-order valence-corrected chi connectivity index (χ1v) is 12.8. The lowest BCUT2D eigenvalue weighted by Gasteiger charge is -2.15. The lowest BCUT2D eigenvalue weighted by atomic mass is 10.2. The molecule has 35 heavy (non-hydrogen) atoms. The fourth-order valence-corrected chi connectivity index (χ4v) is 4.78. The van der Waals surface area contributed by atoms with E-state index < -0.39 is 0 Å². The SMILES string of the molecule is COc1cc(CNCCCSc2nnnn2-c2ccccc2)cc(Br)c1OCc1ccc(F)cc1. The molecular formula is C25H25BrFN5O2S. The molecule has 0 spiro atoms. The zero-order valence-electron chi connectivity index (χ0n) is 19.2. The monoisotopic (exact) mass is 557 g/mol. The lowest BCUT2D eigenvalue weighted by Crippen LogP contribution is -2.15. The molecule has 0 amide bonds. The summed E-state index contributed by atoms with van der Waals surface area (Å²) in [4.78, 5) is 0. The van der Waals surface area contributed by atoms with Gasteiger partial charge in [-0.25, -0.2) is 4.39 Å². The third-order valence-corrected chi connectivity index (χ3v) is 6.68. The molecule has 4 aromatic rings. The van der Waals surface area contributed by atoms with Crippen LogP contribution in [-0.4, -0.2) is 39.6 Å². The summed E-state index contributed by atoms with van der Waals surface area (Å²) in [5.41, 5.74) is 2.90. The van der Waals surface area contributed by atoms with Crippen LogP contribution in [0.25, 0.3) is 5.69 Å². The molecule has 0 aliphatic heterocycles. The van der Waals surface area contributed by atoms with Gasteiger partial charge >= 0.3 is 0 Å².